The highest BCUT2D eigenvalue weighted by Gasteiger charge is 2.20. The maximum Gasteiger partial charge on any atom is 0.267 e. The summed E-state index contributed by atoms with van der Waals surface area (Å²) in [6, 6.07) is 3.79. The van der Waals surface area contributed by atoms with Gasteiger partial charge in [-0.25, -0.2) is 4.68 Å². The molecule has 3 heterocycles. The second kappa shape index (κ2) is 6.47. The quantitative estimate of drug-likeness (QED) is 0.874. The van der Waals surface area contributed by atoms with E-state index in [1.165, 1.54) is 0 Å². The predicted octanol–water partition coefficient (Wildman–Crippen LogP) is 0.898. The summed E-state index contributed by atoms with van der Waals surface area (Å²) in [6.07, 6.45) is 2.40. The number of primary amides is 1. The van der Waals surface area contributed by atoms with E-state index in [4.69, 9.17) is 10.5 Å². The van der Waals surface area contributed by atoms with Gasteiger partial charge in [0.25, 0.3) is 5.91 Å². The van der Waals surface area contributed by atoms with E-state index in [1.54, 1.807) is 10.9 Å². The highest BCUT2D eigenvalue weighted by atomic mass is 16.5. The van der Waals surface area contributed by atoms with E-state index in [1.807, 2.05) is 26.0 Å². The van der Waals surface area contributed by atoms with Crippen LogP contribution >= 0.6 is 0 Å². The van der Waals surface area contributed by atoms with Crippen LogP contribution in [0.15, 0.2) is 18.3 Å². The first-order valence-electron chi connectivity index (χ1n) is 7.78. The van der Waals surface area contributed by atoms with E-state index in [-0.39, 0.29) is 6.10 Å². The van der Waals surface area contributed by atoms with Crippen LogP contribution in [0.1, 0.15) is 40.5 Å². The summed E-state index contributed by atoms with van der Waals surface area (Å²) in [5, 5.41) is 7.77. The molecule has 0 unspecified atom stereocenters. The molecule has 1 aliphatic heterocycles. The molecule has 1 atom stereocenters. The Hall–Kier alpha value is -2.25. The minimum absolute atomic E-state index is 0.0426. The topological polar surface area (TPSA) is 95.1 Å². The number of hydrogen-bond acceptors (Lipinski definition) is 5. The molecule has 7 heteroatoms. The van der Waals surface area contributed by atoms with Crippen molar-refractivity contribution in [3.05, 3.63) is 41.0 Å². The number of nitrogens with zero attached hydrogens (tertiary/aromatic N) is 3. The Morgan fingerprint density at radius 1 is 1.52 bits per heavy atom. The minimum Gasteiger partial charge on any atom is -0.369 e. The van der Waals surface area contributed by atoms with Gasteiger partial charge in [0.05, 0.1) is 29.9 Å². The first kappa shape index (κ1) is 15.6. The van der Waals surface area contributed by atoms with Gasteiger partial charge in [-0.15, -0.1) is 0 Å². The first-order chi connectivity index (χ1) is 11.1. The number of morpholine rings is 1. The van der Waals surface area contributed by atoms with Gasteiger partial charge in [0.15, 0.2) is 0 Å². The zero-order valence-electron chi connectivity index (χ0n) is 13.4. The van der Waals surface area contributed by atoms with Gasteiger partial charge in [0.1, 0.15) is 11.8 Å². The van der Waals surface area contributed by atoms with Crippen LogP contribution < -0.4 is 11.1 Å². The number of amides is 1. The fourth-order valence-corrected chi connectivity index (χ4v) is 2.82. The van der Waals surface area contributed by atoms with Crippen molar-refractivity contribution < 1.29 is 9.53 Å². The number of aryl methyl sites for hydroxylation is 1. The van der Waals surface area contributed by atoms with E-state index < -0.39 is 5.91 Å². The van der Waals surface area contributed by atoms with Crippen molar-refractivity contribution in [2.45, 2.75) is 26.4 Å². The second-order valence-corrected chi connectivity index (χ2v) is 5.55. The summed E-state index contributed by atoms with van der Waals surface area (Å²) in [6.45, 7) is 6.16. The van der Waals surface area contributed by atoms with Gasteiger partial charge in [-0.3, -0.25) is 9.78 Å². The molecule has 1 fully saturated rings. The third-order valence-corrected chi connectivity index (χ3v) is 4.06. The van der Waals surface area contributed by atoms with Crippen molar-refractivity contribution >= 4 is 5.91 Å². The number of hydrogen-bond donors (Lipinski definition) is 2. The molecule has 7 nitrogen and oxygen atoms in total. The van der Waals surface area contributed by atoms with Crippen molar-refractivity contribution in [2.24, 2.45) is 5.73 Å². The van der Waals surface area contributed by atoms with Crippen LogP contribution in [0.4, 0.5) is 0 Å². The molecular formula is C16H21N5O2. The lowest BCUT2D eigenvalue weighted by Crippen LogP contribution is -2.33. The molecule has 1 amide bonds. The number of nitrogens with one attached hydrogen (secondary N) is 1. The summed E-state index contributed by atoms with van der Waals surface area (Å²) in [5.74, 6) is -0.487. The molecule has 0 aliphatic carbocycles. The SMILES string of the molecule is CCc1nn(-c2ccc([C@H]3CNCCO3)nc2)c(C(N)=O)c1C. The molecule has 3 rings (SSSR count). The van der Waals surface area contributed by atoms with Crippen LogP contribution in [-0.4, -0.2) is 40.4 Å². The summed E-state index contributed by atoms with van der Waals surface area (Å²) in [7, 11) is 0. The van der Waals surface area contributed by atoms with Crippen LogP contribution in [-0.2, 0) is 11.2 Å². The minimum atomic E-state index is -0.487. The monoisotopic (exact) mass is 315 g/mol. The Labute approximate surface area is 134 Å². The summed E-state index contributed by atoms with van der Waals surface area (Å²) < 4.78 is 7.27. The number of carbonyl (C=O) groups excluding carboxylic acids is 1. The van der Waals surface area contributed by atoms with Gasteiger partial charge in [-0.1, -0.05) is 6.92 Å². The average Bonchev–Trinajstić information content (AvgIpc) is 2.92. The average molecular weight is 315 g/mol. The third-order valence-electron chi connectivity index (χ3n) is 4.06. The molecule has 3 N–H and O–H groups in total. The van der Waals surface area contributed by atoms with Crippen molar-refractivity contribution in [2.75, 3.05) is 19.7 Å². The first-order valence-corrected chi connectivity index (χ1v) is 7.78. The Bertz CT molecular complexity index is 702. The number of aromatic nitrogens is 3. The molecular weight excluding hydrogens is 294 g/mol. The molecule has 0 saturated carbocycles. The molecule has 2 aromatic heterocycles. The number of rotatable bonds is 4. The molecule has 0 radical (unpaired) electrons. The molecule has 1 saturated heterocycles. The van der Waals surface area contributed by atoms with Crippen LogP contribution in [0.3, 0.4) is 0 Å². The van der Waals surface area contributed by atoms with Gasteiger partial charge < -0.3 is 15.8 Å². The fourth-order valence-electron chi connectivity index (χ4n) is 2.82. The molecule has 2 aromatic rings. The number of nitrogens with two attached hydrogens (primary N) is 1. The second-order valence-electron chi connectivity index (χ2n) is 5.55. The molecule has 0 aromatic carbocycles. The van der Waals surface area contributed by atoms with Crippen molar-refractivity contribution in [3.8, 4) is 5.69 Å². The standard InChI is InChI=1S/C16H21N5O2/c1-3-12-10(2)15(16(17)22)21(20-12)11-4-5-13(19-8-11)14-9-18-6-7-23-14/h4-5,8,14,18H,3,6-7,9H2,1-2H3,(H2,17,22)/t14-/m1/s1. The van der Waals surface area contributed by atoms with E-state index in [9.17, 15) is 4.79 Å². The zero-order chi connectivity index (χ0) is 16.4. The van der Waals surface area contributed by atoms with Gasteiger partial charge in [0, 0.05) is 18.7 Å². The van der Waals surface area contributed by atoms with E-state index in [2.05, 4.69) is 15.4 Å². The predicted molar refractivity (Wildman–Crippen MR) is 85.6 cm³/mol. The van der Waals surface area contributed by atoms with E-state index >= 15 is 0 Å². The lowest BCUT2D eigenvalue weighted by molar-refractivity contribution is 0.0250. The Morgan fingerprint density at radius 3 is 2.91 bits per heavy atom. The number of ether oxygens (including phenoxy) is 1. The summed E-state index contributed by atoms with van der Waals surface area (Å²) in [5.41, 5.74) is 9.19. The molecule has 23 heavy (non-hydrogen) atoms. The summed E-state index contributed by atoms with van der Waals surface area (Å²) >= 11 is 0. The van der Waals surface area contributed by atoms with Crippen LogP contribution in [0.25, 0.3) is 5.69 Å². The maximum absolute atomic E-state index is 11.8. The Morgan fingerprint density at radius 2 is 2.35 bits per heavy atom. The van der Waals surface area contributed by atoms with Gasteiger partial charge in [-0.05, 0) is 25.5 Å². The highest BCUT2D eigenvalue weighted by Crippen LogP contribution is 2.21. The lowest BCUT2D eigenvalue weighted by atomic mass is 10.1. The van der Waals surface area contributed by atoms with Gasteiger partial charge in [-0.2, -0.15) is 5.10 Å². The van der Waals surface area contributed by atoms with Crippen LogP contribution in [0, 0.1) is 6.92 Å². The maximum atomic E-state index is 11.8. The fraction of sp³-hybridized carbons (Fsp3) is 0.438. The Kier molecular flexibility index (Phi) is 4.40. The molecule has 0 bridgehead atoms. The smallest absolute Gasteiger partial charge is 0.267 e. The van der Waals surface area contributed by atoms with Gasteiger partial charge >= 0.3 is 0 Å². The molecule has 1 aliphatic rings. The Balaban J connectivity index is 1.94. The highest BCUT2D eigenvalue weighted by molar-refractivity contribution is 5.93. The number of carbonyl (C=O) groups is 1. The third kappa shape index (κ3) is 2.97. The van der Waals surface area contributed by atoms with Gasteiger partial charge in [0.2, 0.25) is 0 Å². The molecule has 122 valence electrons. The lowest BCUT2D eigenvalue weighted by Gasteiger charge is -2.23. The van der Waals surface area contributed by atoms with Crippen LogP contribution in [0.2, 0.25) is 0 Å². The number of pyridine rings is 1. The van der Waals surface area contributed by atoms with E-state index in [0.717, 1.165) is 36.5 Å². The van der Waals surface area contributed by atoms with E-state index in [0.29, 0.717) is 18.0 Å². The summed E-state index contributed by atoms with van der Waals surface area (Å²) in [4.78, 5) is 16.2. The normalized spacial score (nSPS) is 18.1. The zero-order valence-corrected chi connectivity index (χ0v) is 13.4. The van der Waals surface area contributed by atoms with Crippen molar-refractivity contribution in [3.63, 3.8) is 0 Å². The molecule has 0 spiro atoms. The largest absolute Gasteiger partial charge is 0.369 e. The van der Waals surface area contributed by atoms with Crippen molar-refractivity contribution in [1.29, 1.82) is 0 Å². The van der Waals surface area contributed by atoms with Crippen molar-refractivity contribution in [1.82, 2.24) is 20.1 Å². The van der Waals surface area contributed by atoms with Crippen LogP contribution in [0.5, 0.6) is 0 Å².